The number of alkyl halides is 3. The molecule has 1 aliphatic rings. The third kappa shape index (κ3) is 4.13. The van der Waals surface area contributed by atoms with E-state index in [0.29, 0.717) is 37.6 Å². The minimum Gasteiger partial charge on any atom is -0.339 e. The number of carbonyl (C=O) groups is 1. The topological polar surface area (TPSA) is 72.1 Å². The Morgan fingerprint density at radius 3 is 2.62 bits per heavy atom. The number of rotatable bonds is 3. The molecule has 6 nitrogen and oxygen atoms in total. The Morgan fingerprint density at radius 2 is 1.93 bits per heavy atom. The first-order valence-electron chi connectivity index (χ1n) is 9.12. The van der Waals surface area contributed by atoms with Crippen molar-refractivity contribution in [2.75, 3.05) is 13.1 Å². The predicted molar refractivity (Wildman–Crippen MR) is 96.9 cm³/mol. The standard InChI is InChI=1S/C20H17F3N4O2/c21-20(22,23)16-5-1-3-14(11-16)19(28)27-9-6-13(7-10-27)17-25-18(29-26-17)15-4-2-8-24-12-15/h1-5,8,11-13H,6-7,9-10H2. The van der Waals surface area contributed by atoms with Gasteiger partial charge >= 0.3 is 6.18 Å². The van der Waals surface area contributed by atoms with Gasteiger partial charge in [-0.2, -0.15) is 18.2 Å². The van der Waals surface area contributed by atoms with E-state index in [-0.39, 0.29) is 11.5 Å². The first-order chi connectivity index (χ1) is 13.9. The van der Waals surface area contributed by atoms with E-state index in [1.807, 2.05) is 6.07 Å². The molecule has 1 amide bonds. The summed E-state index contributed by atoms with van der Waals surface area (Å²) in [7, 11) is 0. The summed E-state index contributed by atoms with van der Waals surface area (Å²) < 4.78 is 44.0. The van der Waals surface area contributed by atoms with Crippen LogP contribution in [-0.2, 0) is 6.18 Å². The molecule has 1 aromatic carbocycles. The predicted octanol–water partition coefficient (Wildman–Crippen LogP) is 4.17. The molecule has 3 heterocycles. The van der Waals surface area contributed by atoms with Crippen molar-refractivity contribution in [2.24, 2.45) is 0 Å². The summed E-state index contributed by atoms with van der Waals surface area (Å²) in [5.74, 6) is 0.569. The van der Waals surface area contributed by atoms with Gasteiger partial charge in [-0.05, 0) is 43.2 Å². The van der Waals surface area contributed by atoms with Crippen LogP contribution in [0.3, 0.4) is 0 Å². The van der Waals surface area contributed by atoms with E-state index < -0.39 is 17.6 Å². The molecule has 9 heteroatoms. The van der Waals surface area contributed by atoms with Crippen molar-refractivity contribution >= 4 is 5.91 Å². The molecule has 1 aliphatic heterocycles. The molecule has 3 aromatic rings. The number of piperidine rings is 1. The molecular weight excluding hydrogens is 385 g/mol. The lowest BCUT2D eigenvalue weighted by Crippen LogP contribution is -2.38. The van der Waals surface area contributed by atoms with Crippen molar-refractivity contribution < 1.29 is 22.5 Å². The van der Waals surface area contributed by atoms with Gasteiger partial charge in [-0.15, -0.1) is 0 Å². The summed E-state index contributed by atoms with van der Waals surface area (Å²) in [5.41, 5.74) is -0.0620. The van der Waals surface area contributed by atoms with Crippen LogP contribution in [-0.4, -0.2) is 39.0 Å². The maximum Gasteiger partial charge on any atom is 0.416 e. The zero-order valence-corrected chi connectivity index (χ0v) is 15.3. The van der Waals surface area contributed by atoms with Crippen molar-refractivity contribution in [3.63, 3.8) is 0 Å². The quantitative estimate of drug-likeness (QED) is 0.658. The van der Waals surface area contributed by atoms with Crippen LogP contribution in [0.15, 0.2) is 53.3 Å². The maximum atomic E-state index is 12.9. The van der Waals surface area contributed by atoms with Gasteiger partial charge in [-0.25, -0.2) is 0 Å². The number of nitrogens with zero attached hydrogens (tertiary/aromatic N) is 4. The van der Waals surface area contributed by atoms with E-state index >= 15 is 0 Å². The van der Waals surface area contributed by atoms with Crippen LogP contribution in [0.4, 0.5) is 13.2 Å². The van der Waals surface area contributed by atoms with E-state index in [1.165, 1.54) is 12.1 Å². The van der Waals surface area contributed by atoms with Gasteiger partial charge in [0, 0.05) is 37.0 Å². The third-order valence-electron chi connectivity index (χ3n) is 4.93. The Hall–Kier alpha value is -3.23. The molecule has 4 rings (SSSR count). The molecule has 1 fully saturated rings. The second-order valence-electron chi connectivity index (χ2n) is 6.84. The second-order valence-corrected chi connectivity index (χ2v) is 6.84. The van der Waals surface area contributed by atoms with Crippen LogP contribution in [0.2, 0.25) is 0 Å². The molecule has 0 aliphatic carbocycles. The Labute approximate surface area is 164 Å². The van der Waals surface area contributed by atoms with E-state index in [0.717, 1.165) is 17.7 Å². The van der Waals surface area contributed by atoms with Crippen molar-refractivity contribution in [3.05, 3.63) is 65.7 Å². The van der Waals surface area contributed by atoms with Crippen LogP contribution >= 0.6 is 0 Å². The summed E-state index contributed by atoms with van der Waals surface area (Å²) in [5, 5.41) is 4.04. The normalized spacial score (nSPS) is 15.5. The Bertz CT molecular complexity index is 996. The lowest BCUT2D eigenvalue weighted by Gasteiger charge is -2.30. The van der Waals surface area contributed by atoms with Crippen molar-refractivity contribution in [2.45, 2.75) is 24.9 Å². The first-order valence-corrected chi connectivity index (χ1v) is 9.12. The van der Waals surface area contributed by atoms with Crippen LogP contribution in [0.25, 0.3) is 11.5 Å². The molecule has 0 atom stereocenters. The highest BCUT2D eigenvalue weighted by molar-refractivity contribution is 5.94. The zero-order chi connectivity index (χ0) is 20.4. The summed E-state index contributed by atoms with van der Waals surface area (Å²) in [6, 6.07) is 8.11. The fraction of sp³-hybridized carbons (Fsp3) is 0.300. The smallest absolute Gasteiger partial charge is 0.339 e. The fourth-order valence-corrected chi connectivity index (χ4v) is 3.36. The highest BCUT2D eigenvalue weighted by Crippen LogP contribution is 2.31. The molecular formula is C20H17F3N4O2. The minimum absolute atomic E-state index is 0.0229. The number of carbonyl (C=O) groups excluding carboxylic acids is 1. The van der Waals surface area contributed by atoms with E-state index in [2.05, 4.69) is 15.1 Å². The Morgan fingerprint density at radius 1 is 1.14 bits per heavy atom. The van der Waals surface area contributed by atoms with Gasteiger partial charge in [0.1, 0.15) is 0 Å². The first kappa shape index (κ1) is 19.1. The van der Waals surface area contributed by atoms with Gasteiger partial charge in [-0.1, -0.05) is 11.2 Å². The average Bonchev–Trinajstić information content (AvgIpc) is 3.24. The van der Waals surface area contributed by atoms with Crippen LogP contribution in [0, 0.1) is 0 Å². The van der Waals surface area contributed by atoms with Crippen molar-refractivity contribution in [3.8, 4) is 11.5 Å². The number of benzene rings is 1. The van der Waals surface area contributed by atoms with E-state index in [4.69, 9.17) is 4.52 Å². The van der Waals surface area contributed by atoms with Crippen LogP contribution < -0.4 is 0 Å². The lowest BCUT2D eigenvalue weighted by molar-refractivity contribution is -0.137. The molecule has 0 spiro atoms. The molecule has 1 saturated heterocycles. The highest BCUT2D eigenvalue weighted by atomic mass is 19.4. The highest BCUT2D eigenvalue weighted by Gasteiger charge is 2.32. The number of likely N-dealkylation sites (tertiary alicyclic amines) is 1. The fourth-order valence-electron chi connectivity index (χ4n) is 3.36. The molecule has 0 unspecified atom stereocenters. The number of amides is 1. The third-order valence-corrected chi connectivity index (χ3v) is 4.93. The number of hydrogen-bond donors (Lipinski definition) is 0. The number of aromatic nitrogens is 3. The van der Waals surface area contributed by atoms with Gasteiger partial charge in [-0.3, -0.25) is 9.78 Å². The second kappa shape index (κ2) is 7.65. The van der Waals surface area contributed by atoms with Gasteiger partial charge in [0.05, 0.1) is 11.1 Å². The van der Waals surface area contributed by atoms with E-state index in [1.54, 1.807) is 23.4 Å². The Balaban J connectivity index is 1.41. The number of pyridine rings is 1. The maximum absolute atomic E-state index is 12.9. The molecule has 0 radical (unpaired) electrons. The van der Waals surface area contributed by atoms with Crippen molar-refractivity contribution in [1.29, 1.82) is 0 Å². The van der Waals surface area contributed by atoms with Crippen molar-refractivity contribution in [1.82, 2.24) is 20.0 Å². The van der Waals surface area contributed by atoms with Gasteiger partial charge < -0.3 is 9.42 Å². The average molecular weight is 402 g/mol. The Kier molecular flexibility index (Phi) is 5.04. The molecule has 0 N–H and O–H groups in total. The molecule has 0 saturated carbocycles. The van der Waals surface area contributed by atoms with Crippen LogP contribution in [0.1, 0.15) is 40.5 Å². The molecule has 2 aromatic heterocycles. The van der Waals surface area contributed by atoms with Crippen LogP contribution in [0.5, 0.6) is 0 Å². The summed E-state index contributed by atoms with van der Waals surface area (Å²) in [4.78, 5) is 22.6. The summed E-state index contributed by atoms with van der Waals surface area (Å²) in [6.07, 6.45) is 0.0207. The number of halogens is 3. The molecule has 150 valence electrons. The monoisotopic (exact) mass is 402 g/mol. The van der Waals surface area contributed by atoms with E-state index in [9.17, 15) is 18.0 Å². The van der Waals surface area contributed by atoms with Gasteiger partial charge in [0.15, 0.2) is 5.82 Å². The lowest BCUT2D eigenvalue weighted by atomic mass is 9.95. The largest absolute Gasteiger partial charge is 0.416 e. The summed E-state index contributed by atoms with van der Waals surface area (Å²) in [6.45, 7) is 0.826. The minimum atomic E-state index is -4.48. The van der Waals surface area contributed by atoms with Gasteiger partial charge in [0.25, 0.3) is 11.8 Å². The summed E-state index contributed by atoms with van der Waals surface area (Å²) >= 11 is 0. The SMILES string of the molecule is O=C(c1cccc(C(F)(F)F)c1)N1CCC(c2noc(-c3cccnc3)n2)CC1. The molecule has 29 heavy (non-hydrogen) atoms. The molecule has 0 bridgehead atoms. The van der Waals surface area contributed by atoms with Gasteiger partial charge in [0.2, 0.25) is 0 Å². The zero-order valence-electron chi connectivity index (χ0n) is 15.3. The number of hydrogen-bond acceptors (Lipinski definition) is 5.